The molecule has 352 valence electrons. The van der Waals surface area contributed by atoms with Gasteiger partial charge in [-0.1, -0.05) is 237 Å². The molecule has 11 aromatic carbocycles. The van der Waals surface area contributed by atoms with Crippen LogP contribution in [0.5, 0.6) is 0 Å². The van der Waals surface area contributed by atoms with E-state index in [1.54, 1.807) is 0 Å². The van der Waals surface area contributed by atoms with Gasteiger partial charge in [-0.05, 0) is 80.4 Å². The number of rotatable bonds is 10. The van der Waals surface area contributed by atoms with Crippen molar-refractivity contribution in [1.29, 1.82) is 0 Å². The van der Waals surface area contributed by atoms with E-state index in [9.17, 15) is 0 Å². The molecule has 0 N–H and O–H groups in total. The number of benzene rings is 11. The van der Waals surface area contributed by atoms with E-state index in [0.29, 0.717) is 17.5 Å². The Morgan fingerprint density at radius 2 is 0.653 bits per heavy atom. The number of aromatic nitrogens is 5. The van der Waals surface area contributed by atoms with E-state index in [1.807, 2.05) is 36.4 Å². The second-order valence-electron chi connectivity index (χ2n) is 19.1. The number of fused-ring (bicyclic) bond motifs is 6. The highest BCUT2D eigenvalue weighted by Crippen LogP contribution is 2.40. The number of hydrogen-bond acceptors (Lipinski definition) is 3. The third-order valence-electron chi connectivity index (χ3n) is 14.9. The van der Waals surface area contributed by atoms with E-state index in [-0.39, 0.29) is 0 Å². The molecule has 0 radical (unpaired) electrons. The molecule has 0 aliphatic rings. The molecule has 0 aliphatic heterocycles. The Hall–Kier alpha value is -9.75. The van der Waals surface area contributed by atoms with E-state index >= 15 is 0 Å². The lowest BCUT2D eigenvalue weighted by molar-refractivity contribution is 1.06. The number of nitrogens with zero attached hydrogens (tertiary/aromatic N) is 5. The van der Waals surface area contributed by atoms with Crippen LogP contribution in [0.4, 0.5) is 0 Å². The van der Waals surface area contributed by atoms with Crippen LogP contribution in [0.25, 0.3) is 100 Å². The van der Waals surface area contributed by atoms with Gasteiger partial charge in [-0.15, -0.1) is 0 Å². The molecule has 14 rings (SSSR count). The molecule has 75 heavy (non-hydrogen) atoms. The molecule has 0 saturated heterocycles. The zero-order valence-electron chi connectivity index (χ0n) is 40.9. The van der Waals surface area contributed by atoms with Gasteiger partial charge in [0.2, 0.25) is 0 Å². The molecule has 6 heteroatoms. The van der Waals surface area contributed by atoms with Gasteiger partial charge in [0.15, 0.2) is 25.5 Å². The number of para-hydroxylation sites is 3. The minimum atomic E-state index is -2.84. The van der Waals surface area contributed by atoms with Gasteiger partial charge in [-0.2, -0.15) is 0 Å². The summed E-state index contributed by atoms with van der Waals surface area (Å²) < 4.78 is 4.80. The largest absolute Gasteiger partial charge is 0.309 e. The molecule has 3 aromatic heterocycles. The highest BCUT2D eigenvalue weighted by Gasteiger charge is 2.41. The van der Waals surface area contributed by atoms with Gasteiger partial charge in [0.1, 0.15) is 0 Å². The summed E-state index contributed by atoms with van der Waals surface area (Å²) in [5.41, 5.74) is 11.5. The Labute approximate surface area is 436 Å². The van der Waals surface area contributed by atoms with E-state index in [2.05, 4.69) is 258 Å². The van der Waals surface area contributed by atoms with Crippen molar-refractivity contribution in [2.75, 3.05) is 0 Å². The molecule has 0 amide bonds. The fourth-order valence-corrected chi connectivity index (χ4v) is 16.4. The molecular weight excluding hydrogens is 927 g/mol. The molecule has 0 fully saturated rings. The van der Waals surface area contributed by atoms with Crippen LogP contribution in [0, 0.1) is 0 Å². The van der Waals surface area contributed by atoms with Crippen LogP contribution in [-0.4, -0.2) is 32.2 Å². The van der Waals surface area contributed by atoms with Gasteiger partial charge in [0, 0.05) is 43.9 Å². The van der Waals surface area contributed by atoms with Crippen LogP contribution >= 0.6 is 0 Å². The highest BCUT2D eigenvalue weighted by atomic mass is 28.3. The molecule has 0 spiro atoms. The first-order valence-electron chi connectivity index (χ1n) is 25.5. The molecule has 0 atom stereocenters. The van der Waals surface area contributed by atoms with Gasteiger partial charge in [0.05, 0.1) is 27.8 Å². The van der Waals surface area contributed by atoms with Crippen molar-refractivity contribution in [2.45, 2.75) is 0 Å². The maximum Gasteiger partial charge on any atom is 0.179 e. The maximum atomic E-state index is 5.41. The Kier molecular flexibility index (Phi) is 10.8. The molecule has 5 nitrogen and oxygen atoms in total. The lowest BCUT2D eigenvalue weighted by atomic mass is 10.0. The first-order chi connectivity index (χ1) is 37.2. The summed E-state index contributed by atoms with van der Waals surface area (Å²) in [5, 5.41) is 10.1. The lowest BCUT2D eigenvalue weighted by Gasteiger charge is -2.34. The van der Waals surface area contributed by atoms with E-state index in [4.69, 9.17) is 15.0 Å². The van der Waals surface area contributed by atoms with Gasteiger partial charge in [-0.25, -0.2) is 15.0 Å². The Morgan fingerprint density at radius 1 is 0.253 bits per heavy atom. The van der Waals surface area contributed by atoms with Gasteiger partial charge in [0.25, 0.3) is 0 Å². The van der Waals surface area contributed by atoms with Crippen LogP contribution in [0.3, 0.4) is 0 Å². The topological polar surface area (TPSA) is 48.5 Å². The smallest absolute Gasteiger partial charge is 0.179 e. The SMILES string of the molecule is c1ccc(-c2nc(-c3ccccc3)nc(-c3cc(-c4cccc([Si](c5ccccc5)(c5ccccc5)c5ccccc5)c4)ccc3-n3c4ccccc4c4cc(-n5c6ccccc6c6ccccc65)ccc43)n2)cc1. The zero-order valence-corrected chi connectivity index (χ0v) is 41.9. The summed E-state index contributed by atoms with van der Waals surface area (Å²) in [6.45, 7) is 0. The quantitative estimate of drug-likeness (QED) is 0.101. The molecule has 0 saturated carbocycles. The maximum absolute atomic E-state index is 5.41. The summed E-state index contributed by atoms with van der Waals surface area (Å²) in [5.74, 6) is 1.81. The summed E-state index contributed by atoms with van der Waals surface area (Å²) in [4.78, 5) is 16.0. The van der Waals surface area contributed by atoms with Crippen molar-refractivity contribution in [3.8, 4) is 56.7 Å². The van der Waals surface area contributed by atoms with Crippen LogP contribution in [0.2, 0.25) is 0 Å². The van der Waals surface area contributed by atoms with Gasteiger partial charge < -0.3 is 9.13 Å². The monoisotopic (exact) mass is 973 g/mol. The first-order valence-corrected chi connectivity index (χ1v) is 27.5. The Balaban J connectivity index is 1.03. The van der Waals surface area contributed by atoms with Crippen molar-refractivity contribution in [3.05, 3.63) is 285 Å². The average Bonchev–Trinajstić information content (AvgIpc) is 4.05. The second kappa shape index (κ2) is 18.4. The fourth-order valence-electron chi connectivity index (χ4n) is 11.6. The minimum Gasteiger partial charge on any atom is -0.309 e. The van der Waals surface area contributed by atoms with E-state index < -0.39 is 8.07 Å². The first kappa shape index (κ1) is 44.0. The van der Waals surface area contributed by atoms with Crippen molar-refractivity contribution < 1.29 is 0 Å². The van der Waals surface area contributed by atoms with E-state index in [0.717, 1.165) is 61.0 Å². The third kappa shape index (κ3) is 7.41. The summed E-state index contributed by atoms with van der Waals surface area (Å²) in [6, 6.07) is 103. The molecule has 0 unspecified atom stereocenters. The zero-order chi connectivity index (χ0) is 49.7. The molecular formula is C69H47N5Si. The standard InChI is InChI=1S/C69H47N5Si/c1-6-23-48(24-7-1)67-70-68(49-25-8-2-9-26-49)72-69(71-67)61-46-51(50-27-22-34-56(45-50)75(53-28-10-3-11-29-53,54-30-12-4-13-31-54)55-32-14-5-15-33-55)41-43-66(61)74-64-40-21-18-37-59(64)60-47-52(42-44-65(60)74)73-62-38-19-16-35-57(62)58-36-17-20-39-63(58)73/h1-47H. The minimum absolute atomic E-state index is 0.588. The van der Waals surface area contributed by atoms with Crippen molar-refractivity contribution in [2.24, 2.45) is 0 Å². The van der Waals surface area contributed by atoms with Crippen molar-refractivity contribution in [1.82, 2.24) is 24.1 Å². The predicted molar refractivity (Wildman–Crippen MR) is 314 cm³/mol. The lowest BCUT2D eigenvalue weighted by Crippen LogP contribution is -2.74. The number of hydrogen-bond donors (Lipinski definition) is 0. The Morgan fingerprint density at radius 3 is 1.19 bits per heavy atom. The Bertz CT molecular complexity index is 4190. The predicted octanol–water partition coefficient (Wildman–Crippen LogP) is 14.1. The van der Waals surface area contributed by atoms with Crippen LogP contribution < -0.4 is 20.7 Å². The summed E-state index contributed by atoms with van der Waals surface area (Å²) >= 11 is 0. The molecule has 14 aromatic rings. The molecule has 3 heterocycles. The fraction of sp³-hybridized carbons (Fsp3) is 0. The second-order valence-corrected chi connectivity index (χ2v) is 22.9. The van der Waals surface area contributed by atoms with Crippen molar-refractivity contribution >= 4 is 72.4 Å². The highest BCUT2D eigenvalue weighted by molar-refractivity contribution is 7.19. The van der Waals surface area contributed by atoms with Crippen LogP contribution in [0.15, 0.2) is 285 Å². The summed E-state index contributed by atoms with van der Waals surface area (Å²) in [7, 11) is -2.84. The normalized spacial score (nSPS) is 11.7. The van der Waals surface area contributed by atoms with Gasteiger partial charge in [-0.3, -0.25) is 0 Å². The van der Waals surface area contributed by atoms with Crippen LogP contribution in [-0.2, 0) is 0 Å². The summed E-state index contributed by atoms with van der Waals surface area (Å²) in [6.07, 6.45) is 0. The van der Waals surface area contributed by atoms with E-state index in [1.165, 1.54) is 42.6 Å². The molecule has 0 aliphatic carbocycles. The third-order valence-corrected chi connectivity index (χ3v) is 19.7. The average molecular weight is 974 g/mol. The van der Waals surface area contributed by atoms with Crippen LogP contribution in [0.1, 0.15) is 0 Å². The molecule has 0 bridgehead atoms. The van der Waals surface area contributed by atoms with Gasteiger partial charge >= 0.3 is 0 Å². The van der Waals surface area contributed by atoms with Crippen molar-refractivity contribution in [3.63, 3.8) is 0 Å².